The highest BCUT2D eigenvalue weighted by Crippen LogP contribution is 2.26. The van der Waals surface area contributed by atoms with Gasteiger partial charge in [0.05, 0.1) is 29.9 Å². The molecule has 9 heteroatoms. The van der Waals surface area contributed by atoms with Crippen LogP contribution in [0.1, 0.15) is 17.3 Å². The third-order valence-electron chi connectivity index (χ3n) is 4.64. The first-order valence-corrected chi connectivity index (χ1v) is 11.6. The number of anilines is 2. The number of methoxy groups -OCH3 is 1. The Morgan fingerprint density at radius 2 is 1.55 bits per heavy atom. The fourth-order valence-corrected chi connectivity index (χ4v) is 4.49. The van der Waals surface area contributed by atoms with Crippen LogP contribution in [0.5, 0.6) is 5.75 Å². The van der Waals surface area contributed by atoms with Crippen molar-refractivity contribution in [2.45, 2.75) is 11.8 Å². The van der Waals surface area contributed by atoms with Gasteiger partial charge in [-0.1, -0.05) is 18.2 Å². The third kappa shape index (κ3) is 5.89. The summed E-state index contributed by atoms with van der Waals surface area (Å²) in [4.78, 5) is 24.4. The Hall–Kier alpha value is -3.85. The predicted octanol–water partition coefficient (Wildman–Crippen LogP) is 3.71. The number of esters is 1. The smallest absolute Gasteiger partial charge is 0.337 e. The molecule has 0 aromatic heterocycles. The van der Waals surface area contributed by atoms with Crippen LogP contribution in [0, 0.1) is 0 Å². The molecule has 0 radical (unpaired) electrons. The van der Waals surface area contributed by atoms with Gasteiger partial charge in [-0.15, -0.1) is 0 Å². The van der Waals surface area contributed by atoms with Crippen molar-refractivity contribution in [1.82, 2.24) is 0 Å². The number of nitrogens with one attached hydrogen (secondary N) is 1. The van der Waals surface area contributed by atoms with Gasteiger partial charge in [-0.2, -0.15) is 0 Å². The van der Waals surface area contributed by atoms with Crippen molar-refractivity contribution in [2.75, 3.05) is 29.9 Å². The second-order valence-electron chi connectivity index (χ2n) is 6.87. The van der Waals surface area contributed by atoms with Gasteiger partial charge >= 0.3 is 5.97 Å². The summed E-state index contributed by atoms with van der Waals surface area (Å²) in [5.74, 6) is -0.453. The molecule has 0 saturated carbocycles. The van der Waals surface area contributed by atoms with Crippen molar-refractivity contribution in [1.29, 1.82) is 0 Å². The first-order valence-electron chi connectivity index (χ1n) is 10.1. The van der Waals surface area contributed by atoms with Gasteiger partial charge in [0.15, 0.2) is 0 Å². The van der Waals surface area contributed by atoms with Crippen LogP contribution in [0.15, 0.2) is 83.8 Å². The molecule has 33 heavy (non-hydrogen) atoms. The van der Waals surface area contributed by atoms with E-state index in [1.165, 1.54) is 43.5 Å². The van der Waals surface area contributed by atoms with E-state index in [1.807, 2.05) is 6.92 Å². The second-order valence-corrected chi connectivity index (χ2v) is 8.73. The number of carbonyl (C=O) groups excluding carboxylic acids is 2. The molecular weight excluding hydrogens is 444 g/mol. The zero-order valence-corrected chi connectivity index (χ0v) is 19.0. The summed E-state index contributed by atoms with van der Waals surface area (Å²) >= 11 is 0. The molecule has 1 amide bonds. The number of sulfonamides is 1. The molecule has 0 aliphatic rings. The van der Waals surface area contributed by atoms with Crippen molar-refractivity contribution >= 4 is 33.3 Å². The quantitative estimate of drug-likeness (QED) is 0.481. The zero-order chi connectivity index (χ0) is 23.8. The number of amides is 1. The molecule has 172 valence electrons. The number of rotatable bonds is 9. The van der Waals surface area contributed by atoms with E-state index >= 15 is 0 Å². The van der Waals surface area contributed by atoms with Gasteiger partial charge in [0.1, 0.15) is 12.3 Å². The van der Waals surface area contributed by atoms with E-state index in [2.05, 4.69) is 10.1 Å². The summed E-state index contributed by atoms with van der Waals surface area (Å²) in [6, 6.07) is 20.5. The third-order valence-corrected chi connectivity index (χ3v) is 6.43. The zero-order valence-electron chi connectivity index (χ0n) is 18.2. The Morgan fingerprint density at radius 3 is 2.12 bits per heavy atom. The van der Waals surface area contributed by atoms with Gasteiger partial charge in [-0.25, -0.2) is 13.2 Å². The number of ether oxygens (including phenoxy) is 2. The standard InChI is InChI=1S/C24H24N2O6S/c1-3-32-21-15-13-20(14-16-21)26(33(29,30)22-7-5-4-6-8-22)17-23(27)25-19-11-9-18(10-12-19)24(28)31-2/h4-16H,3,17H2,1-2H3,(H,25,27). The highest BCUT2D eigenvalue weighted by molar-refractivity contribution is 7.92. The lowest BCUT2D eigenvalue weighted by Crippen LogP contribution is -2.38. The molecule has 1 N–H and O–H groups in total. The van der Waals surface area contributed by atoms with E-state index in [-0.39, 0.29) is 4.90 Å². The number of carbonyl (C=O) groups is 2. The molecule has 0 aliphatic carbocycles. The number of benzene rings is 3. The van der Waals surface area contributed by atoms with Gasteiger partial charge in [-0.3, -0.25) is 9.10 Å². The van der Waals surface area contributed by atoms with Gasteiger partial charge in [0, 0.05) is 5.69 Å². The number of hydrogen-bond acceptors (Lipinski definition) is 6. The van der Waals surface area contributed by atoms with E-state index in [9.17, 15) is 18.0 Å². The highest BCUT2D eigenvalue weighted by Gasteiger charge is 2.27. The summed E-state index contributed by atoms with van der Waals surface area (Å²) in [5, 5.41) is 2.66. The fraction of sp³-hybridized carbons (Fsp3) is 0.167. The van der Waals surface area contributed by atoms with Gasteiger partial charge in [0.25, 0.3) is 10.0 Å². The van der Waals surface area contributed by atoms with Crippen LogP contribution in [-0.2, 0) is 19.6 Å². The summed E-state index contributed by atoms with van der Waals surface area (Å²) in [6.45, 7) is 1.87. The average molecular weight is 469 g/mol. The summed E-state index contributed by atoms with van der Waals surface area (Å²) in [7, 11) is -2.74. The molecule has 3 rings (SSSR count). The largest absolute Gasteiger partial charge is 0.494 e. The Labute approximate surface area is 192 Å². The minimum atomic E-state index is -4.02. The molecule has 0 bridgehead atoms. The molecule has 8 nitrogen and oxygen atoms in total. The maximum Gasteiger partial charge on any atom is 0.337 e. The first kappa shape index (κ1) is 23.8. The van der Waals surface area contributed by atoms with E-state index in [1.54, 1.807) is 42.5 Å². The lowest BCUT2D eigenvalue weighted by molar-refractivity contribution is -0.114. The minimum Gasteiger partial charge on any atom is -0.494 e. The molecule has 0 fully saturated rings. The predicted molar refractivity (Wildman–Crippen MR) is 125 cm³/mol. The summed E-state index contributed by atoms with van der Waals surface area (Å²) in [5.41, 5.74) is 1.06. The monoisotopic (exact) mass is 468 g/mol. The molecule has 0 heterocycles. The Morgan fingerprint density at radius 1 is 0.909 bits per heavy atom. The number of hydrogen-bond donors (Lipinski definition) is 1. The Bertz CT molecular complexity index is 1190. The minimum absolute atomic E-state index is 0.0640. The van der Waals surface area contributed by atoms with Crippen LogP contribution in [0.4, 0.5) is 11.4 Å². The van der Waals surface area contributed by atoms with Crippen LogP contribution < -0.4 is 14.4 Å². The SMILES string of the molecule is CCOc1ccc(N(CC(=O)Nc2ccc(C(=O)OC)cc2)S(=O)(=O)c2ccccc2)cc1. The van der Waals surface area contributed by atoms with Gasteiger partial charge < -0.3 is 14.8 Å². The lowest BCUT2D eigenvalue weighted by atomic mass is 10.2. The van der Waals surface area contributed by atoms with Gasteiger partial charge in [0.2, 0.25) is 5.91 Å². The molecular formula is C24H24N2O6S. The van der Waals surface area contributed by atoms with Crippen molar-refractivity contribution in [3.8, 4) is 5.75 Å². The molecule has 3 aromatic carbocycles. The molecule has 0 aliphatic heterocycles. The highest BCUT2D eigenvalue weighted by atomic mass is 32.2. The summed E-state index contributed by atoms with van der Waals surface area (Å²) < 4.78 is 37.8. The van der Waals surface area contributed by atoms with Crippen LogP contribution in [0.3, 0.4) is 0 Å². The van der Waals surface area contributed by atoms with Crippen LogP contribution in [0.2, 0.25) is 0 Å². The molecule has 0 unspecified atom stereocenters. The molecule has 0 saturated heterocycles. The maximum absolute atomic E-state index is 13.3. The van der Waals surface area contributed by atoms with E-state index in [4.69, 9.17) is 4.74 Å². The van der Waals surface area contributed by atoms with Crippen LogP contribution >= 0.6 is 0 Å². The molecule has 3 aromatic rings. The van der Waals surface area contributed by atoms with E-state index in [0.29, 0.717) is 29.3 Å². The summed E-state index contributed by atoms with van der Waals surface area (Å²) in [6.07, 6.45) is 0. The van der Waals surface area contributed by atoms with Gasteiger partial charge in [-0.05, 0) is 67.6 Å². The van der Waals surface area contributed by atoms with Crippen molar-refractivity contribution in [3.63, 3.8) is 0 Å². The van der Waals surface area contributed by atoms with Crippen molar-refractivity contribution in [3.05, 3.63) is 84.4 Å². The normalized spacial score (nSPS) is 10.8. The maximum atomic E-state index is 13.3. The average Bonchev–Trinajstić information content (AvgIpc) is 2.84. The lowest BCUT2D eigenvalue weighted by Gasteiger charge is -2.24. The Balaban J connectivity index is 1.86. The fourth-order valence-electron chi connectivity index (χ4n) is 3.05. The van der Waals surface area contributed by atoms with Crippen molar-refractivity contribution < 1.29 is 27.5 Å². The van der Waals surface area contributed by atoms with E-state index in [0.717, 1.165) is 4.31 Å². The van der Waals surface area contributed by atoms with Crippen LogP contribution in [0.25, 0.3) is 0 Å². The van der Waals surface area contributed by atoms with Crippen LogP contribution in [-0.4, -0.2) is 40.6 Å². The first-order chi connectivity index (χ1) is 15.8. The molecule has 0 spiro atoms. The Kier molecular flexibility index (Phi) is 7.68. The van der Waals surface area contributed by atoms with E-state index < -0.39 is 28.4 Å². The second kappa shape index (κ2) is 10.6. The van der Waals surface area contributed by atoms with Crippen molar-refractivity contribution in [2.24, 2.45) is 0 Å². The molecule has 0 atom stereocenters. The topological polar surface area (TPSA) is 102 Å². The number of nitrogens with zero attached hydrogens (tertiary/aromatic N) is 1.